The zero-order valence-corrected chi connectivity index (χ0v) is 11.0. The lowest BCUT2D eigenvalue weighted by Gasteiger charge is -2.16. The average Bonchev–Trinajstić information content (AvgIpc) is 2.30. The van der Waals surface area contributed by atoms with Crippen LogP contribution in [0, 0.1) is 13.8 Å². The van der Waals surface area contributed by atoms with Crippen LogP contribution in [0.3, 0.4) is 0 Å². The minimum Gasteiger partial charge on any atom is -0.481 e. The Bertz CT molecular complexity index is 388. The molecule has 0 aliphatic rings. The first-order valence-electron chi connectivity index (χ1n) is 6.06. The van der Waals surface area contributed by atoms with Crippen molar-refractivity contribution in [2.75, 3.05) is 6.54 Å². The number of amides is 1. The summed E-state index contributed by atoms with van der Waals surface area (Å²) in [5.41, 5.74) is 2.18. The van der Waals surface area contributed by atoms with E-state index in [1.165, 1.54) is 0 Å². The molecular formula is C14H21NO2. The van der Waals surface area contributed by atoms with Crippen molar-refractivity contribution in [2.24, 2.45) is 0 Å². The molecule has 1 aromatic rings. The lowest BCUT2D eigenvalue weighted by Crippen LogP contribution is -2.36. The first kappa shape index (κ1) is 13.6. The summed E-state index contributed by atoms with van der Waals surface area (Å²) < 4.78 is 5.67. The quantitative estimate of drug-likeness (QED) is 0.852. The molecule has 0 saturated heterocycles. The minimum absolute atomic E-state index is 0.0623. The fourth-order valence-electron chi connectivity index (χ4n) is 1.47. The molecule has 3 heteroatoms. The second-order valence-electron chi connectivity index (χ2n) is 4.32. The maximum absolute atomic E-state index is 11.7. The van der Waals surface area contributed by atoms with Crippen LogP contribution >= 0.6 is 0 Å². The number of rotatable bonds is 5. The second kappa shape index (κ2) is 6.28. The third-order valence-electron chi connectivity index (χ3n) is 2.57. The summed E-state index contributed by atoms with van der Waals surface area (Å²) in [4.78, 5) is 11.7. The number of carbonyl (C=O) groups excluding carboxylic acids is 1. The maximum atomic E-state index is 11.7. The van der Waals surface area contributed by atoms with E-state index in [-0.39, 0.29) is 5.91 Å². The van der Waals surface area contributed by atoms with Gasteiger partial charge in [-0.1, -0.05) is 19.1 Å². The predicted octanol–water partition coefficient (Wildman–Crippen LogP) is 2.60. The summed E-state index contributed by atoms with van der Waals surface area (Å²) in [5.74, 6) is 0.719. The monoisotopic (exact) mass is 235 g/mol. The number of aryl methyl sites for hydroxylation is 2. The minimum atomic E-state index is -0.456. The van der Waals surface area contributed by atoms with Crippen molar-refractivity contribution in [3.05, 3.63) is 29.3 Å². The zero-order chi connectivity index (χ0) is 12.8. The van der Waals surface area contributed by atoms with E-state index in [1.54, 1.807) is 6.92 Å². The van der Waals surface area contributed by atoms with Crippen LogP contribution in [0.4, 0.5) is 0 Å². The van der Waals surface area contributed by atoms with Crippen LogP contribution in [0.15, 0.2) is 18.2 Å². The van der Waals surface area contributed by atoms with Gasteiger partial charge in [-0.2, -0.15) is 0 Å². The van der Waals surface area contributed by atoms with Crippen molar-refractivity contribution in [3.8, 4) is 5.75 Å². The molecule has 0 heterocycles. The lowest BCUT2D eigenvalue weighted by atomic mass is 10.1. The third-order valence-corrected chi connectivity index (χ3v) is 2.57. The summed E-state index contributed by atoms with van der Waals surface area (Å²) >= 11 is 0. The van der Waals surface area contributed by atoms with E-state index in [4.69, 9.17) is 4.74 Å². The average molecular weight is 235 g/mol. The molecule has 1 amide bonds. The van der Waals surface area contributed by atoms with Crippen LogP contribution in [0.25, 0.3) is 0 Å². The van der Waals surface area contributed by atoms with Gasteiger partial charge in [0.05, 0.1) is 0 Å². The van der Waals surface area contributed by atoms with Crippen molar-refractivity contribution in [3.63, 3.8) is 0 Å². The second-order valence-corrected chi connectivity index (χ2v) is 4.32. The van der Waals surface area contributed by atoms with Gasteiger partial charge in [0.1, 0.15) is 5.75 Å². The zero-order valence-electron chi connectivity index (χ0n) is 11.0. The van der Waals surface area contributed by atoms with Gasteiger partial charge in [-0.3, -0.25) is 4.79 Å². The van der Waals surface area contributed by atoms with Crippen LogP contribution < -0.4 is 10.1 Å². The van der Waals surface area contributed by atoms with Gasteiger partial charge in [-0.05, 0) is 44.4 Å². The predicted molar refractivity (Wildman–Crippen MR) is 69.3 cm³/mol. The molecule has 0 aliphatic heterocycles. The molecule has 1 N–H and O–H groups in total. The van der Waals surface area contributed by atoms with Crippen LogP contribution in [0.2, 0.25) is 0 Å². The molecule has 1 rings (SSSR count). The van der Waals surface area contributed by atoms with E-state index in [9.17, 15) is 4.79 Å². The van der Waals surface area contributed by atoms with Gasteiger partial charge >= 0.3 is 0 Å². The van der Waals surface area contributed by atoms with Crippen molar-refractivity contribution in [2.45, 2.75) is 40.2 Å². The summed E-state index contributed by atoms with van der Waals surface area (Å²) in [7, 11) is 0. The van der Waals surface area contributed by atoms with Gasteiger partial charge in [-0.15, -0.1) is 0 Å². The van der Waals surface area contributed by atoms with Crippen molar-refractivity contribution in [1.29, 1.82) is 0 Å². The third kappa shape index (κ3) is 4.10. The molecule has 0 aromatic heterocycles. The molecule has 1 atom stereocenters. The molecule has 0 bridgehead atoms. The summed E-state index contributed by atoms with van der Waals surface area (Å²) in [5, 5.41) is 2.82. The number of nitrogens with one attached hydrogen (secondary N) is 1. The van der Waals surface area contributed by atoms with Crippen LogP contribution in [0.1, 0.15) is 31.4 Å². The van der Waals surface area contributed by atoms with Crippen LogP contribution in [0.5, 0.6) is 5.75 Å². The summed E-state index contributed by atoms with van der Waals surface area (Å²) in [6, 6.07) is 5.99. The Morgan fingerprint density at radius 2 is 2.12 bits per heavy atom. The highest BCUT2D eigenvalue weighted by atomic mass is 16.5. The Hall–Kier alpha value is -1.51. The van der Waals surface area contributed by atoms with Gasteiger partial charge in [0, 0.05) is 6.54 Å². The molecule has 17 heavy (non-hydrogen) atoms. The molecule has 1 unspecified atom stereocenters. The number of hydrogen-bond acceptors (Lipinski definition) is 2. The summed E-state index contributed by atoms with van der Waals surface area (Å²) in [6.07, 6.45) is 0.476. The van der Waals surface area contributed by atoms with E-state index in [1.807, 2.05) is 39.0 Å². The van der Waals surface area contributed by atoms with Crippen LogP contribution in [-0.2, 0) is 4.79 Å². The number of carbonyl (C=O) groups is 1. The molecule has 3 nitrogen and oxygen atoms in total. The smallest absolute Gasteiger partial charge is 0.260 e. The fraction of sp³-hybridized carbons (Fsp3) is 0.500. The molecule has 0 aliphatic carbocycles. The van der Waals surface area contributed by atoms with Crippen molar-refractivity contribution < 1.29 is 9.53 Å². The SMILES string of the molecule is CCCNC(=O)C(C)Oc1cc(C)ccc1C. The van der Waals surface area contributed by atoms with Gasteiger partial charge < -0.3 is 10.1 Å². The van der Waals surface area contributed by atoms with Gasteiger partial charge in [0.2, 0.25) is 0 Å². The Morgan fingerprint density at radius 1 is 1.41 bits per heavy atom. The first-order chi connectivity index (χ1) is 8.04. The highest BCUT2D eigenvalue weighted by molar-refractivity contribution is 5.80. The number of benzene rings is 1. The molecular weight excluding hydrogens is 214 g/mol. The van der Waals surface area contributed by atoms with E-state index in [0.29, 0.717) is 6.54 Å². The highest BCUT2D eigenvalue weighted by Gasteiger charge is 2.14. The molecule has 94 valence electrons. The van der Waals surface area contributed by atoms with E-state index in [2.05, 4.69) is 5.32 Å². The van der Waals surface area contributed by atoms with Gasteiger partial charge in [0.15, 0.2) is 6.10 Å². The normalized spacial score (nSPS) is 12.0. The van der Waals surface area contributed by atoms with E-state index in [0.717, 1.165) is 23.3 Å². The van der Waals surface area contributed by atoms with Crippen molar-refractivity contribution >= 4 is 5.91 Å². The fourth-order valence-corrected chi connectivity index (χ4v) is 1.47. The Morgan fingerprint density at radius 3 is 2.76 bits per heavy atom. The number of hydrogen-bond donors (Lipinski definition) is 1. The lowest BCUT2D eigenvalue weighted by molar-refractivity contribution is -0.127. The molecule has 0 spiro atoms. The Balaban J connectivity index is 2.64. The first-order valence-corrected chi connectivity index (χ1v) is 6.06. The highest BCUT2D eigenvalue weighted by Crippen LogP contribution is 2.20. The number of ether oxygens (including phenoxy) is 1. The molecule has 0 saturated carbocycles. The Labute approximate surface area is 103 Å². The van der Waals surface area contributed by atoms with E-state index < -0.39 is 6.10 Å². The summed E-state index contributed by atoms with van der Waals surface area (Å²) in [6.45, 7) is 8.47. The van der Waals surface area contributed by atoms with Crippen molar-refractivity contribution in [1.82, 2.24) is 5.32 Å². The van der Waals surface area contributed by atoms with E-state index >= 15 is 0 Å². The standard InChI is InChI=1S/C14H21NO2/c1-5-8-15-14(16)12(4)17-13-9-10(2)6-7-11(13)3/h6-7,9,12H,5,8H2,1-4H3,(H,15,16). The largest absolute Gasteiger partial charge is 0.481 e. The van der Waals surface area contributed by atoms with Gasteiger partial charge in [0.25, 0.3) is 5.91 Å². The maximum Gasteiger partial charge on any atom is 0.260 e. The van der Waals surface area contributed by atoms with Crippen LogP contribution in [-0.4, -0.2) is 18.6 Å². The Kier molecular flexibility index (Phi) is 5.01. The molecule has 0 fully saturated rings. The molecule has 1 aromatic carbocycles. The topological polar surface area (TPSA) is 38.3 Å². The van der Waals surface area contributed by atoms with Gasteiger partial charge in [-0.25, -0.2) is 0 Å². The molecule has 0 radical (unpaired) electrons.